The second kappa shape index (κ2) is 5.51. The Bertz CT molecular complexity index is 327. The number of aryl methyl sites for hydroxylation is 2. The number of unbranched alkanes of at least 4 members (excludes halogenated alkanes) is 3. The molecule has 0 saturated carbocycles. The molecule has 1 aliphatic heterocycles. The van der Waals surface area contributed by atoms with Crippen molar-refractivity contribution >= 4 is 0 Å². The van der Waals surface area contributed by atoms with Crippen LogP contribution in [0.4, 0.5) is 0 Å². The normalized spacial score (nSPS) is 19.8. The van der Waals surface area contributed by atoms with E-state index in [4.69, 9.17) is 4.98 Å². The molecule has 0 fully saturated rings. The first-order valence-electron chi connectivity index (χ1n) is 6.84. The Balaban J connectivity index is 1.87. The monoisotopic (exact) mass is 220 g/mol. The number of aromatic nitrogens is 2. The summed E-state index contributed by atoms with van der Waals surface area (Å²) in [7, 11) is 0. The summed E-state index contributed by atoms with van der Waals surface area (Å²) in [6.07, 6.45) is 11.3. The van der Waals surface area contributed by atoms with Crippen LogP contribution in [0, 0.1) is 5.92 Å². The van der Waals surface area contributed by atoms with Gasteiger partial charge >= 0.3 is 0 Å². The Labute approximate surface area is 99.1 Å². The minimum Gasteiger partial charge on any atom is -0.335 e. The van der Waals surface area contributed by atoms with Gasteiger partial charge in [-0.15, -0.1) is 0 Å². The first-order chi connectivity index (χ1) is 7.79. The van der Waals surface area contributed by atoms with E-state index in [-0.39, 0.29) is 0 Å². The maximum Gasteiger partial charge on any atom is 0.109 e. The van der Waals surface area contributed by atoms with Crippen LogP contribution in [-0.2, 0) is 19.4 Å². The van der Waals surface area contributed by atoms with Crippen molar-refractivity contribution in [3.63, 3.8) is 0 Å². The molecule has 1 aromatic heterocycles. The van der Waals surface area contributed by atoms with Gasteiger partial charge in [-0.2, -0.15) is 0 Å². The first kappa shape index (κ1) is 11.7. The van der Waals surface area contributed by atoms with Crippen LogP contribution < -0.4 is 0 Å². The average molecular weight is 220 g/mol. The van der Waals surface area contributed by atoms with Gasteiger partial charge < -0.3 is 4.57 Å². The lowest BCUT2D eigenvalue weighted by atomic mass is 10.0. The third-order valence-corrected chi connectivity index (χ3v) is 3.59. The Morgan fingerprint density at radius 2 is 2.25 bits per heavy atom. The molecule has 1 aliphatic rings. The fraction of sp³-hybridized carbons (Fsp3) is 0.786. The minimum atomic E-state index is 0.822. The highest BCUT2D eigenvalue weighted by atomic mass is 15.1. The first-order valence-corrected chi connectivity index (χ1v) is 6.84. The third-order valence-electron chi connectivity index (χ3n) is 3.59. The molecule has 16 heavy (non-hydrogen) atoms. The molecule has 2 heterocycles. The zero-order valence-corrected chi connectivity index (χ0v) is 10.7. The van der Waals surface area contributed by atoms with Gasteiger partial charge in [0.1, 0.15) is 5.82 Å². The highest BCUT2D eigenvalue weighted by Crippen LogP contribution is 2.20. The van der Waals surface area contributed by atoms with Crippen molar-refractivity contribution < 1.29 is 0 Å². The molecule has 0 bridgehead atoms. The molecule has 0 amide bonds. The van der Waals surface area contributed by atoms with Crippen LogP contribution in [0.2, 0.25) is 0 Å². The van der Waals surface area contributed by atoms with Gasteiger partial charge in [0.05, 0.1) is 5.69 Å². The predicted molar refractivity (Wildman–Crippen MR) is 67.6 cm³/mol. The molecule has 1 unspecified atom stereocenters. The van der Waals surface area contributed by atoms with Crippen molar-refractivity contribution in [3.05, 3.63) is 17.7 Å². The molecular weight excluding hydrogens is 196 g/mol. The molecule has 2 heteroatoms. The highest BCUT2D eigenvalue weighted by Gasteiger charge is 2.16. The van der Waals surface area contributed by atoms with Crippen LogP contribution in [-0.4, -0.2) is 9.55 Å². The summed E-state index contributed by atoms with van der Waals surface area (Å²) in [5.74, 6) is 2.15. The molecule has 0 saturated heterocycles. The van der Waals surface area contributed by atoms with Gasteiger partial charge in [0.15, 0.2) is 0 Å². The number of fused-ring (bicyclic) bond motifs is 1. The van der Waals surface area contributed by atoms with E-state index in [0.717, 1.165) is 5.92 Å². The van der Waals surface area contributed by atoms with Gasteiger partial charge in [-0.1, -0.05) is 33.1 Å². The lowest BCUT2D eigenvalue weighted by molar-refractivity contribution is 0.409. The van der Waals surface area contributed by atoms with Gasteiger partial charge in [-0.05, 0) is 25.2 Å². The Morgan fingerprint density at radius 3 is 3.06 bits per heavy atom. The van der Waals surface area contributed by atoms with E-state index in [0.29, 0.717) is 0 Å². The van der Waals surface area contributed by atoms with Gasteiger partial charge in [0, 0.05) is 19.2 Å². The van der Waals surface area contributed by atoms with E-state index in [2.05, 4.69) is 24.6 Å². The van der Waals surface area contributed by atoms with E-state index >= 15 is 0 Å². The minimum absolute atomic E-state index is 0.822. The molecule has 0 aromatic carbocycles. The second-order valence-corrected chi connectivity index (χ2v) is 5.25. The Morgan fingerprint density at radius 1 is 1.38 bits per heavy atom. The van der Waals surface area contributed by atoms with Gasteiger partial charge in [-0.25, -0.2) is 4.98 Å². The van der Waals surface area contributed by atoms with E-state index in [1.165, 1.54) is 63.0 Å². The van der Waals surface area contributed by atoms with Crippen molar-refractivity contribution in [1.29, 1.82) is 0 Å². The standard InChI is InChI=1S/C14H24N2/c1-3-4-5-6-7-13-11-16-9-8-12(2)10-14(16)15-13/h11-12H,3-10H2,1-2H3. The van der Waals surface area contributed by atoms with Crippen molar-refractivity contribution in [2.45, 2.75) is 65.3 Å². The molecule has 1 aromatic rings. The number of nitrogens with zero attached hydrogens (tertiary/aromatic N) is 2. The zero-order chi connectivity index (χ0) is 11.4. The largest absolute Gasteiger partial charge is 0.335 e. The lowest BCUT2D eigenvalue weighted by Crippen LogP contribution is -2.16. The number of rotatable bonds is 5. The quantitative estimate of drug-likeness (QED) is 0.693. The van der Waals surface area contributed by atoms with E-state index in [9.17, 15) is 0 Å². The topological polar surface area (TPSA) is 17.8 Å². The van der Waals surface area contributed by atoms with Crippen LogP contribution in [0.3, 0.4) is 0 Å². The van der Waals surface area contributed by atoms with Crippen LogP contribution in [0.1, 0.15) is 57.5 Å². The maximum absolute atomic E-state index is 4.76. The summed E-state index contributed by atoms with van der Waals surface area (Å²) in [4.78, 5) is 4.76. The fourth-order valence-corrected chi connectivity index (χ4v) is 2.50. The van der Waals surface area contributed by atoms with E-state index < -0.39 is 0 Å². The van der Waals surface area contributed by atoms with Crippen LogP contribution in [0.15, 0.2) is 6.20 Å². The molecule has 0 radical (unpaired) electrons. The number of imidazole rings is 1. The number of hydrogen-bond donors (Lipinski definition) is 0. The van der Waals surface area contributed by atoms with Crippen molar-refractivity contribution in [1.82, 2.24) is 9.55 Å². The summed E-state index contributed by atoms with van der Waals surface area (Å²) in [6, 6.07) is 0. The van der Waals surface area contributed by atoms with E-state index in [1.807, 2.05) is 0 Å². The summed E-state index contributed by atoms with van der Waals surface area (Å²) in [5.41, 5.74) is 1.32. The average Bonchev–Trinajstić information content (AvgIpc) is 2.66. The van der Waals surface area contributed by atoms with Crippen LogP contribution in [0.5, 0.6) is 0 Å². The Kier molecular flexibility index (Phi) is 4.03. The molecule has 90 valence electrons. The zero-order valence-electron chi connectivity index (χ0n) is 10.7. The third kappa shape index (κ3) is 2.87. The molecule has 2 rings (SSSR count). The predicted octanol–water partition coefficient (Wildman–Crippen LogP) is 3.59. The van der Waals surface area contributed by atoms with Gasteiger partial charge in [-0.3, -0.25) is 0 Å². The smallest absolute Gasteiger partial charge is 0.109 e. The Hall–Kier alpha value is -0.790. The van der Waals surface area contributed by atoms with Crippen molar-refractivity contribution in [2.75, 3.05) is 0 Å². The molecule has 0 spiro atoms. The number of hydrogen-bond acceptors (Lipinski definition) is 1. The van der Waals surface area contributed by atoms with E-state index in [1.54, 1.807) is 0 Å². The molecule has 1 atom stereocenters. The summed E-state index contributed by atoms with van der Waals surface area (Å²) >= 11 is 0. The molecule has 0 N–H and O–H groups in total. The summed E-state index contributed by atoms with van der Waals surface area (Å²) in [6.45, 7) is 5.77. The van der Waals surface area contributed by atoms with Gasteiger partial charge in [0.2, 0.25) is 0 Å². The molecule has 2 nitrogen and oxygen atoms in total. The molecule has 0 aliphatic carbocycles. The van der Waals surface area contributed by atoms with Crippen molar-refractivity contribution in [2.24, 2.45) is 5.92 Å². The summed E-state index contributed by atoms with van der Waals surface area (Å²) < 4.78 is 2.37. The second-order valence-electron chi connectivity index (χ2n) is 5.25. The maximum atomic E-state index is 4.76. The van der Waals surface area contributed by atoms with Crippen LogP contribution in [0.25, 0.3) is 0 Å². The lowest BCUT2D eigenvalue weighted by Gasteiger charge is -2.18. The van der Waals surface area contributed by atoms with Crippen LogP contribution >= 0.6 is 0 Å². The SMILES string of the molecule is CCCCCCc1cn2c(n1)CC(C)CC2. The highest BCUT2D eigenvalue weighted by molar-refractivity contribution is 5.07. The van der Waals surface area contributed by atoms with Gasteiger partial charge in [0.25, 0.3) is 0 Å². The summed E-state index contributed by atoms with van der Waals surface area (Å²) in [5, 5.41) is 0. The fourth-order valence-electron chi connectivity index (χ4n) is 2.50. The molecular formula is C14H24N2. The van der Waals surface area contributed by atoms with Crippen molar-refractivity contribution in [3.8, 4) is 0 Å².